The molecule has 23 heavy (non-hydrogen) atoms. The Kier molecular flexibility index (Phi) is 7.50. The molecule has 1 rings (SSSR count). The number of carbonyl (C=O) groups excluding carboxylic acids is 4. The molecule has 0 spiro atoms. The molecule has 2 unspecified atom stereocenters. The van der Waals surface area contributed by atoms with Crippen LogP contribution in [0.2, 0.25) is 0 Å². The normalized spacial score (nSPS) is 25.1. The van der Waals surface area contributed by atoms with Gasteiger partial charge in [-0.05, 0) is 25.2 Å². The smallest absolute Gasteiger partial charge is 0.243 e. The Bertz CT molecular complexity index is 464. The number of carbonyl (C=O) groups is 4. The Hall–Kier alpha value is -2.12. The molecule has 8 heteroatoms. The van der Waals surface area contributed by atoms with E-state index in [0.717, 1.165) is 0 Å². The van der Waals surface area contributed by atoms with Crippen LogP contribution in [0, 0.1) is 5.92 Å². The van der Waals surface area contributed by atoms with E-state index < -0.39 is 23.9 Å². The maximum absolute atomic E-state index is 12.3. The van der Waals surface area contributed by atoms with E-state index in [-0.39, 0.29) is 30.6 Å². The first-order valence-electron chi connectivity index (χ1n) is 7.97. The molecule has 0 aromatic rings. The van der Waals surface area contributed by atoms with Crippen LogP contribution in [0.1, 0.15) is 46.0 Å². The summed E-state index contributed by atoms with van der Waals surface area (Å²) in [6, 6.07) is -1.55. The third-order valence-corrected chi connectivity index (χ3v) is 3.75. The second-order valence-electron chi connectivity index (χ2n) is 6.10. The van der Waals surface area contributed by atoms with Crippen molar-refractivity contribution in [2.75, 3.05) is 6.54 Å². The standard InChI is InChI=1S/C15H26N4O4/c1-9(2)13-15(23)18-10(14(16)22)5-3-4-8-17-11(20)6-7-12(21)19-13/h9-10,13H,3-8H2,1-2H3,(H2,16,22)(H,17,20)(H,18,23)(H,19,21). The van der Waals surface area contributed by atoms with Crippen LogP contribution >= 0.6 is 0 Å². The van der Waals surface area contributed by atoms with E-state index in [2.05, 4.69) is 16.0 Å². The van der Waals surface area contributed by atoms with Crippen LogP contribution < -0.4 is 21.7 Å². The Morgan fingerprint density at radius 2 is 1.74 bits per heavy atom. The topological polar surface area (TPSA) is 130 Å². The van der Waals surface area contributed by atoms with Crippen molar-refractivity contribution in [1.82, 2.24) is 16.0 Å². The molecule has 0 radical (unpaired) electrons. The van der Waals surface area contributed by atoms with E-state index in [4.69, 9.17) is 5.73 Å². The molecule has 1 aliphatic rings. The maximum atomic E-state index is 12.3. The van der Waals surface area contributed by atoms with Gasteiger partial charge in [0.15, 0.2) is 0 Å². The highest BCUT2D eigenvalue weighted by atomic mass is 16.2. The average molecular weight is 326 g/mol. The van der Waals surface area contributed by atoms with Crippen molar-refractivity contribution in [2.45, 2.75) is 58.0 Å². The van der Waals surface area contributed by atoms with E-state index in [9.17, 15) is 19.2 Å². The molecule has 1 saturated heterocycles. The molecule has 1 heterocycles. The maximum Gasteiger partial charge on any atom is 0.243 e. The second-order valence-corrected chi connectivity index (χ2v) is 6.10. The van der Waals surface area contributed by atoms with Crippen LogP contribution in [-0.2, 0) is 19.2 Å². The third kappa shape index (κ3) is 6.66. The van der Waals surface area contributed by atoms with Gasteiger partial charge in [-0.1, -0.05) is 13.8 Å². The Morgan fingerprint density at radius 3 is 2.35 bits per heavy atom. The number of amides is 4. The molecule has 0 aliphatic carbocycles. The van der Waals surface area contributed by atoms with Gasteiger partial charge in [0.25, 0.3) is 0 Å². The zero-order valence-electron chi connectivity index (χ0n) is 13.7. The van der Waals surface area contributed by atoms with Crippen molar-refractivity contribution < 1.29 is 19.2 Å². The molecule has 5 N–H and O–H groups in total. The van der Waals surface area contributed by atoms with Crippen LogP contribution in [0.15, 0.2) is 0 Å². The number of nitrogens with one attached hydrogen (secondary N) is 3. The highest BCUT2D eigenvalue weighted by Crippen LogP contribution is 2.07. The van der Waals surface area contributed by atoms with Gasteiger partial charge in [-0.2, -0.15) is 0 Å². The number of rotatable bonds is 2. The minimum absolute atomic E-state index is 0.0155. The first-order chi connectivity index (χ1) is 10.8. The summed E-state index contributed by atoms with van der Waals surface area (Å²) >= 11 is 0. The lowest BCUT2D eigenvalue weighted by molar-refractivity contribution is -0.133. The zero-order valence-corrected chi connectivity index (χ0v) is 13.7. The fourth-order valence-electron chi connectivity index (χ4n) is 2.34. The highest BCUT2D eigenvalue weighted by Gasteiger charge is 2.28. The van der Waals surface area contributed by atoms with Crippen LogP contribution in [-0.4, -0.2) is 42.3 Å². The van der Waals surface area contributed by atoms with Gasteiger partial charge < -0.3 is 21.7 Å². The lowest BCUT2D eigenvalue weighted by Crippen LogP contribution is -2.54. The zero-order chi connectivity index (χ0) is 17.4. The van der Waals surface area contributed by atoms with Crippen LogP contribution in [0.4, 0.5) is 0 Å². The minimum Gasteiger partial charge on any atom is -0.368 e. The lowest BCUT2D eigenvalue weighted by Gasteiger charge is -2.24. The quantitative estimate of drug-likeness (QED) is 0.528. The van der Waals surface area contributed by atoms with E-state index in [1.54, 1.807) is 13.8 Å². The summed E-state index contributed by atoms with van der Waals surface area (Å²) in [6.07, 6.45) is 1.82. The average Bonchev–Trinajstić information content (AvgIpc) is 2.47. The van der Waals surface area contributed by atoms with Crippen molar-refractivity contribution in [2.24, 2.45) is 11.7 Å². The lowest BCUT2D eigenvalue weighted by atomic mass is 10.0. The Balaban J connectivity index is 2.85. The van der Waals surface area contributed by atoms with Gasteiger partial charge >= 0.3 is 0 Å². The first-order valence-corrected chi connectivity index (χ1v) is 7.97. The van der Waals surface area contributed by atoms with Crippen molar-refractivity contribution in [3.05, 3.63) is 0 Å². The van der Waals surface area contributed by atoms with Crippen LogP contribution in [0.25, 0.3) is 0 Å². The largest absolute Gasteiger partial charge is 0.368 e. The SMILES string of the molecule is CC(C)C1NC(=O)CCC(=O)NCCCCC(C(N)=O)NC1=O. The van der Waals surface area contributed by atoms with E-state index in [1.807, 2.05) is 0 Å². The second kappa shape index (κ2) is 9.12. The van der Waals surface area contributed by atoms with Gasteiger partial charge in [-0.3, -0.25) is 19.2 Å². The van der Waals surface area contributed by atoms with Gasteiger partial charge in [0.2, 0.25) is 23.6 Å². The number of hydrogen-bond acceptors (Lipinski definition) is 4. The molecular weight excluding hydrogens is 300 g/mol. The Labute approximate surface area is 135 Å². The third-order valence-electron chi connectivity index (χ3n) is 3.75. The predicted octanol–water partition coefficient (Wildman–Crippen LogP) is -0.822. The van der Waals surface area contributed by atoms with Crippen molar-refractivity contribution in [3.8, 4) is 0 Å². The molecule has 2 atom stereocenters. The van der Waals surface area contributed by atoms with Crippen molar-refractivity contribution in [3.63, 3.8) is 0 Å². The number of primary amides is 1. The van der Waals surface area contributed by atoms with E-state index in [1.165, 1.54) is 0 Å². The summed E-state index contributed by atoms with van der Waals surface area (Å²) in [5.74, 6) is -1.77. The molecule has 1 aliphatic heterocycles. The Morgan fingerprint density at radius 1 is 1.09 bits per heavy atom. The predicted molar refractivity (Wildman–Crippen MR) is 84.0 cm³/mol. The van der Waals surface area contributed by atoms with Gasteiger partial charge in [0.1, 0.15) is 12.1 Å². The molecule has 1 fully saturated rings. The minimum atomic E-state index is -0.778. The molecule has 8 nitrogen and oxygen atoms in total. The summed E-state index contributed by atoms with van der Waals surface area (Å²) in [6.45, 7) is 4.05. The molecule has 0 aromatic heterocycles. The summed E-state index contributed by atoms with van der Waals surface area (Å²) in [4.78, 5) is 47.3. The first kappa shape index (κ1) is 18.9. The molecule has 4 amide bonds. The summed E-state index contributed by atoms with van der Waals surface area (Å²) in [7, 11) is 0. The van der Waals surface area contributed by atoms with Crippen LogP contribution in [0.5, 0.6) is 0 Å². The summed E-state index contributed by atoms with van der Waals surface area (Å²) in [5, 5.41) is 7.95. The molecular formula is C15H26N4O4. The van der Waals surface area contributed by atoms with E-state index in [0.29, 0.717) is 25.8 Å². The molecule has 130 valence electrons. The van der Waals surface area contributed by atoms with Crippen molar-refractivity contribution in [1.29, 1.82) is 0 Å². The van der Waals surface area contributed by atoms with Gasteiger partial charge in [0.05, 0.1) is 0 Å². The number of hydrogen-bond donors (Lipinski definition) is 4. The molecule has 0 aromatic carbocycles. The fourth-order valence-corrected chi connectivity index (χ4v) is 2.34. The van der Waals surface area contributed by atoms with E-state index >= 15 is 0 Å². The summed E-state index contributed by atoms with van der Waals surface area (Å²) in [5.41, 5.74) is 5.33. The molecule has 0 bridgehead atoms. The van der Waals surface area contributed by atoms with Crippen molar-refractivity contribution >= 4 is 23.6 Å². The fraction of sp³-hybridized carbons (Fsp3) is 0.733. The highest BCUT2D eigenvalue weighted by molar-refractivity contribution is 5.92. The molecule has 0 saturated carbocycles. The summed E-state index contributed by atoms with van der Waals surface area (Å²) < 4.78 is 0. The monoisotopic (exact) mass is 326 g/mol. The van der Waals surface area contributed by atoms with Crippen LogP contribution in [0.3, 0.4) is 0 Å². The number of nitrogens with two attached hydrogens (primary N) is 1. The van der Waals surface area contributed by atoms with Gasteiger partial charge in [0, 0.05) is 19.4 Å². The van der Waals surface area contributed by atoms with Gasteiger partial charge in [-0.25, -0.2) is 0 Å². The van der Waals surface area contributed by atoms with Gasteiger partial charge in [-0.15, -0.1) is 0 Å².